The Morgan fingerprint density at radius 3 is 2.90 bits per heavy atom. The summed E-state index contributed by atoms with van der Waals surface area (Å²) < 4.78 is 33.2. The molecule has 0 aliphatic carbocycles. The van der Waals surface area contributed by atoms with Gasteiger partial charge in [-0.1, -0.05) is 30.3 Å². The number of nitrogens with zero attached hydrogens (tertiary/aromatic N) is 3. The molecule has 0 spiro atoms. The zero-order valence-electron chi connectivity index (χ0n) is 17.4. The van der Waals surface area contributed by atoms with Crippen LogP contribution in [0.3, 0.4) is 0 Å². The third-order valence-corrected chi connectivity index (χ3v) is 8.64. The van der Waals surface area contributed by atoms with E-state index in [1.54, 1.807) is 11.4 Å². The standard InChI is InChI=1S/C21H24N4O4S2/c1-3-18-23-20(24-29-18)16-11-19(30-13-16)31(27,28)25-10-6-8-15(12-25)21(26)22-17-9-5-4-7-14(17)2/h4-5,7,9,11,13,15H,3,6,8,10,12H2,1-2H3,(H,22,26)/t15-/m0/s1. The second-order valence-electron chi connectivity index (χ2n) is 7.53. The largest absolute Gasteiger partial charge is 0.339 e. The smallest absolute Gasteiger partial charge is 0.252 e. The fraction of sp³-hybridized carbons (Fsp3) is 0.381. The first-order chi connectivity index (χ1) is 14.9. The molecule has 0 bridgehead atoms. The van der Waals surface area contributed by atoms with Crippen LogP contribution in [0.1, 0.15) is 31.2 Å². The number of carbonyl (C=O) groups is 1. The van der Waals surface area contributed by atoms with Gasteiger partial charge >= 0.3 is 0 Å². The van der Waals surface area contributed by atoms with E-state index in [-0.39, 0.29) is 16.7 Å². The average Bonchev–Trinajstić information content (AvgIpc) is 3.45. The van der Waals surface area contributed by atoms with Gasteiger partial charge in [-0.05, 0) is 37.5 Å². The number of benzene rings is 1. The van der Waals surface area contributed by atoms with Crippen molar-refractivity contribution in [1.29, 1.82) is 0 Å². The Morgan fingerprint density at radius 1 is 1.35 bits per heavy atom. The first-order valence-electron chi connectivity index (χ1n) is 10.2. The minimum absolute atomic E-state index is 0.153. The molecule has 1 aromatic carbocycles. The molecular formula is C21H24N4O4S2. The lowest BCUT2D eigenvalue weighted by molar-refractivity contribution is -0.120. The number of nitrogens with one attached hydrogen (secondary N) is 1. The van der Waals surface area contributed by atoms with E-state index in [1.807, 2.05) is 38.1 Å². The Morgan fingerprint density at radius 2 is 2.16 bits per heavy atom. The van der Waals surface area contributed by atoms with Gasteiger partial charge in [0.05, 0.1) is 5.92 Å². The van der Waals surface area contributed by atoms with Gasteiger partial charge in [-0.3, -0.25) is 4.79 Å². The lowest BCUT2D eigenvalue weighted by Gasteiger charge is -2.30. The quantitative estimate of drug-likeness (QED) is 0.601. The number of hydrogen-bond donors (Lipinski definition) is 1. The highest BCUT2D eigenvalue weighted by atomic mass is 32.2. The van der Waals surface area contributed by atoms with E-state index >= 15 is 0 Å². The maximum absolute atomic E-state index is 13.2. The van der Waals surface area contributed by atoms with Gasteiger partial charge in [0.25, 0.3) is 10.0 Å². The maximum Gasteiger partial charge on any atom is 0.252 e. The zero-order valence-corrected chi connectivity index (χ0v) is 19.0. The van der Waals surface area contributed by atoms with Crippen LogP contribution in [0, 0.1) is 12.8 Å². The number of anilines is 1. The molecule has 31 heavy (non-hydrogen) atoms. The van der Waals surface area contributed by atoms with Gasteiger partial charge in [-0.25, -0.2) is 8.42 Å². The second kappa shape index (κ2) is 8.89. The van der Waals surface area contributed by atoms with Gasteiger partial charge in [-0.2, -0.15) is 9.29 Å². The number of para-hydroxylation sites is 1. The van der Waals surface area contributed by atoms with E-state index in [2.05, 4.69) is 15.5 Å². The molecule has 1 fully saturated rings. The van der Waals surface area contributed by atoms with Crippen LogP contribution in [0.15, 0.2) is 44.4 Å². The van der Waals surface area contributed by atoms with Crippen LogP contribution in [-0.4, -0.2) is 41.9 Å². The second-order valence-corrected chi connectivity index (χ2v) is 10.6. The maximum atomic E-state index is 13.2. The van der Waals surface area contributed by atoms with Crippen molar-refractivity contribution in [2.24, 2.45) is 5.92 Å². The van der Waals surface area contributed by atoms with Gasteiger partial charge in [0, 0.05) is 36.1 Å². The third kappa shape index (κ3) is 4.56. The number of aromatic nitrogens is 2. The predicted octanol–water partition coefficient (Wildman–Crippen LogP) is 3.71. The monoisotopic (exact) mass is 460 g/mol. The molecule has 0 unspecified atom stereocenters. The van der Waals surface area contributed by atoms with Crippen molar-refractivity contribution in [1.82, 2.24) is 14.4 Å². The minimum atomic E-state index is -3.71. The van der Waals surface area contributed by atoms with E-state index in [4.69, 9.17) is 4.52 Å². The number of carbonyl (C=O) groups excluding carboxylic acids is 1. The Bertz CT molecular complexity index is 1190. The van der Waals surface area contributed by atoms with Crippen molar-refractivity contribution < 1.29 is 17.7 Å². The van der Waals surface area contributed by atoms with Crippen LogP contribution in [-0.2, 0) is 21.2 Å². The summed E-state index contributed by atoms with van der Waals surface area (Å²) >= 11 is 1.12. The highest BCUT2D eigenvalue weighted by molar-refractivity contribution is 7.91. The Labute approximate surface area is 185 Å². The summed E-state index contributed by atoms with van der Waals surface area (Å²) in [5.41, 5.74) is 2.33. The summed E-state index contributed by atoms with van der Waals surface area (Å²) in [5, 5.41) is 8.56. The van der Waals surface area contributed by atoms with Gasteiger partial charge in [0.1, 0.15) is 4.21 Å². The van der Waals surface area contributed by atoms with Gasteiger partial charge in [0.2, 0.25) is 17.6 Å². The average molecular weight is 461 g/mol. The molecule has 4 rings (SSSR count). The van der Waals surface area contributed by atoms with Crippen LogP contribution in [0.4, 0.5) is 5.69 Å². The normalized spacial score (nSPS) is 17.5. The lowest BCUT2D eigenvalue weighted by atomic mass is 9.98. The molecule has 10 heteroatoms. The first-order valence-corrected chi connectivity index (χ1v) is 12.5. The minimum Gasteiger partial charge on any atom is -0.339 e. The molecule has 1 atom stereocenters. The van der Waals surface area contributed by atoms with Crippen molar-refractivity contribution in [3.63, 3.8) is 0 Å². The summed E-state index contributed by atoms with van der Waals surface area (Å²) in [4.78, 5) is 17.0. The number of sulfonamides is 1. The van der Waals surface area contributed by atoms with Crippen molar-refractivity contribution in [2.75, 3.05) is 18.4 Å². The van der Waals surface area contributed by atoms with Crippen LogP contribution in [0.2, 0.25) is 0 Å². The molecule has 3 aromatic rings. The Kier molecular flexibility index (Phi) is 6.22. The van der Waals surface area contributed by atoms with Crippen LogP contribution in [0.5, 0.6) is 0 Å². The van der Waals surface area contributed by atoms with E-state index in [1.165, 1.54) is 4.31 Å². The number of hydrogen-bond acceptors (Lipinski definition) is 7. The summed E-state index contributed by atoms with van der Waals surface area (Å²) in [5.74, 6) is 0.333. The molecule has 1 amide bonds. The number of aryl methyl sites for hydroxylation is 2. The molecule has 2 aromatic heterocycles. The number of amides is 1. The highest BCUT2D eigenvalue weighted by Crippen LogP contribution is 2.31. The molecule has 1 aliphatic rings. The molecular weight excluding hydrogens is 436 g/mol. The summed E-state index contributed by atoms with van der Waals surface area (Å²) in [6.45, 7) is 4.39. The highest BCUT2D eigenvalue weighted by Gasteiger charge is 2.34. The van der Waals surface area contributed by atoms with Gasteiger partial charge < -0.3 is 9.84 Å². The Hall–Kier alpha value is -2.56. The van der Waals surface area contributed by atoms with E-state index in [0.29, 0.717) is 43.1 Å². The lowest BCUT2D eigenvalue weighted by Crippen LogP contribution is -2.43. The zero-order chi connectivity index (χ0) is 22.0. The van der Waals surface area contributed by atoms with E-state index < -0.39 is 15.9 Å². The summed E-state index contributed by atoms with van der Waals surface area (Å²) in [7, 11) is -3.71. The number of piperidine rings is 1. The Balaban J connectivity index is 1.48. The molecule has 0 radical (unpaired) electrons. The first kappa shape index (κ1) is 21.7. The summed E-state index contributed by atoms with van der Waals surface area (Å²) in [6.07, 6.45) is 1.90. The van der Waals surface area contributed by atoms with Gasteiger partial charge in [0.15, 0.2) is 0 Å². The molecule has 1 N–H and O–H groups in total. The fourth-order valence-corrected chi connectivity index (χ4v) is 6.37. The van der Waals surface area contributed by atoms with Crippen LogP contribution >= 0.6 is 11.3 Å². The molecule has 1 saturated heterocycles. The number of thiophene rings is 1. The SMILES string of the molecule is CCc1nc(-c2csc(S(=O)(=O)N3CCC[C@H](C(=O)Nc4ccccc4C)C3)c2)no1. The van der Waals surface area contributed by atoms with Crippen molar-refractivity contribution in [2.45, 2.75) is 37.3 Å². The predicted molar refractivity (Wildman–Crippen MR) is 118 cm³/mol. The third-order valence-electron chi connectivity index (χ3n) is 5.36. The molecule has 3 heterocycles. The topological polar surface area (TPSA) is 105 Å². The molecule has 164 valence electrons. The molecule has 0 saturated carbocycles. The molecule has 1 aliphatic heterocycles. The van der Waals surface area contributed by atoms with Crippen molar-refractivity contribution in [3.8, 4) is 11.4 Å². The molecule has 8 nitrogen and oxygen atoms in total. The number of rotatable bonds is 6. The van der Waals surface area contributed by atoms with Gasteiger partial charge in [-0.15, -0.1) is 11.3 Å². The summed E-state index contributed by atoms with van der Waals surface area (Å²) in [6, 6.07) is 9.12. The fourth-order valence-electron chi connectivity index (χ4n) is 3.53. The van der Waals surface area contributed by atoms with Crippen LogP contribution in [0.25, 0.3) is 11.4 Å². The van der Waals surface area contributed by atoms with Crippen molar-refractivity contribution in [3.05, 3.63) is 47.2 Å². The van der Waals surface area contributed by atoms with E-state index in [9.17, 15) is 13.2 Å². The van der Waals surface area contributed by atoms with Crippen LogP contribution < -0.4 is 5.32 Å². The van der Waals surface area contributed by atoms with E-state index in [0.717, 1.165) is 22.6 Å². The van der Waals surface area contributed by atoms with Crippen molar-refractivity contribution >= 4 is 33.0 Å².